The van der Waals surface area contributed by atoms with Gasteiger partial charge >= 0.3 is 5.97 Å². The van der Waals surface area contributed by atoms with Crippen LogP contribution in [0.4, 0.5) is 0 Å². The van der Waals surface area contributed by atoms with Gasteiger partial charge in [-0.15, -0.1) is 0 Å². The number of pyridine rings is 1. The van der Waals surface area contributed by atoms with E-state index in [1.165, 1.54) is 12.3 Å². The van der Waals surface area contributed by atoms with Crippen molar-refractivity contribution in [3.05, 3.63) is 70.2 Å². The van der Waals surface area contributed by atoms with Gasteiger partial charge in [0, 0.05) is 30.1 Å². The monoisotopic (exact) mass is 485 g/mol. The normalized spacial score (nSPS) is 11.3. The molecule has 2 heterocycles. The Morgan fingerprint density at radius 3 is 2.29 bits per heavy atom. The van der Waals surface area contributed by atoms with Gasteiger partial charge in [-0.05, 0) is 42.6 Å². The maximum atomic E-state index is 12.2. The van der Waals surface area contributed by atoms with Crippen molar-refractivity contribution >= 4 is 17.1 Å². The molecule has 0 fully saturated rings. The molecule has 1 aliphatic rings. The molecule has 0 atom stereocenters. The van der Waals surface area contributed by atoms with Crippen LogP contribution < -0.4 is 14.9 Å². The Morgan fingerprint density at radius 1 is 1.14 bits per heavy atom. The molecule has 0 bridgehead atoms. The van der Waals surface area contributed by atoms with Crippen LogP contribution >= 0.6 is 0 Å². The largest absolute Gasteiger partial charge is 0.477 e. The molecule has 6 heteroatoms. The van der Waals surface area contributed by atoms with E-state index in [4.69, 9.17) is 9.47 Å². The molecule has 1 N–H and O–H groups in total. The predicted molar refractivity (Wildman–Crippen MR) is 146 cm³/mol. The van der Waals surface area contributed by atoms with E-state index in [1.54, 1.807) is 4.57 Å². The van der Waals surface area contributed by atoms with Crippen molar-refractivity contribution in [1.29, 1.82) is 0 Å². The van der Waals surface area contributed by atoms with Gasteiger partial charge in [0.15, 0.2) is 16.9 Å². The lowest BCUT2D eigenvalue weighted by Gasteiger charge is -2.15. The van der Waals surface area contributed by atoms with Crippen LogP contribution in [0.25, 0.3) is 11.1 Å². The number of benzene rings is 1. The Labute approximate surface area is 210 Å². The van der Waals surface area contributed by atoms with Crippen LogP contribution in [0.5, 0.6) is 11.5 Å². The molecule has 1 aliphatic heterocycles. The number of carboxylic acids is 1. The number of nitrogens with zero attached hydrogens (tertiary/aromatic N) is 1. The van der Waals surface area contributed by atoms with E-state index in [0.717, 1.165) is 23.5 Å². The molecule has 6 nitrogen and oxygen atoms in total. The summed E-state index contributed by atoms with van der Waals surface area (Å²) in [5, 5.41) is 9.20. The van der Waals surface area contributed by atoms with Crippen LogP contribution in [0, 0.1) is 5.92 Å². The third-order valence-electron chi connectivity index (χ3n) is 4.36. The Bertz CT molecular complexity index is 1040. The van der Waals surface area contributed by atoms with Gasteiger partial charge in [0.2, 0.25) is 6.79 Å². The number of aromatic carboxylic acids is 1. The van der Waals surface area contributed by atoms with Crippen molar-refractivity contribution < 1.29 is 19.4 Å². The number of ether oxygens (including phenoxy) is 2. The number of hydrogen-bond acceptors (Lipinski definition) is 4. The number of hydrogen-bond donors (Lipinski definition) is 1. The van der Waals surface area contributed by atoms with Gasteiger partial charge in [-0.1, -0.05) is 74.1 Å². The van der Waals surface area contributed by atoms with E-state index in [2.05, 4.69) is 27.4 Å². The molecular formula is C29H43NO5. The number of fused-ring (bicyclic) bond motifs is 1. The van der Waals surface area contributed by atoms with Crippen LogP contribution in [0.1, 0.15) is 90.3 Å². The Hall–Kier alpha value is -3.28. The fraction of sp³-hybridized carbons (Fsp3) is 0.448. The lowest BCUT2D eigenvalue weighted by Crippen LogP contribution is -2.19. The van der Waals surface area contributed by atoms with Crippen molar-refractivity contribution in [1.82, 2.24) is 4.57 Å². The standard InChI is InChI=1S/C21H21NO5.C4H10.2C2H6/c1-4-8-22-11-16(21(24)25)18(23)10-17(22)14(3)9-13(2)15-6-5-7-19-20(15)27-12-26-19;1-4(2)3;2*1-2/h5-7,9-11H,2,4,8,12H2,1,3H3,(H,24,25);4H,1-3H3;2*1-2H3/b14-9+;;;. The summed E-state index contributed by atoms with van der Waals surface area (Å²) in [6, 6.07) is 6.96. The summed E-state index contributed by atoms with van der Waals surface area (Å²) in [6.45, 7) is 23.3. The topological polar surface area (TPSA) is 77.8 Å². The lowest BCUT2D eigenvalue weighted by molar-refractivity contribution is 0.0694. The quantitative estimate of drug-likeness (QED) is 0.428. The highest BCUT2D eigenvalue weighted by Gasteiger charge is 2.19. The first-order chi connectivity index (χ1) is 16.6. The fourth-order valence-electron chi connectivity index (χ4n) is 3.10. The van der Waals surface area contributed by atoms with Crippen molar-refractivity contribution in [3.63, 3.8) is 0 Å². The van der Waals surface area contributed by atoms with E-state index in [0.29, 0.717) is 29.3 Å². The summed E-state index contributed by atoms with van der Waals surface area (Å²) in [5.41, 5.74) is 2.26. The fourth-order valence-corrected chi connectivity index (χ4v) is 3.10. The summed E-state index contributed by atoms with van der Waals surface area (Å²) in [4.78, 5) is 23.4. The smallest absolute Gasteiger partial charge is 0.341 e. The molecular weight excluding hydrogens is 442 g/mol. The van der Waals surface area contributed by atoms with E-state index in [-0.39, 0.29) is 12.4 Å². The maximum Gasteiger partial charge on any atom is 0.341 e. The molecule has 0 amide bonds. The van der Waals surface area contributed by atoms with Gasteiger partial charge in [-0.25, -0.2) is 4.79 Å². The average Bonchev–Trinajstić information content (AvgIpc) is 3.31. The minimum Gasteiger partial charge on any atom is -0.477 e. The molecule has 0 spiro atoms. The number of aromatic nitrogens is 1. The zero-order chi connectivity index (χ0) is 27.1. The Kier molecular flexibility index (Phi) is 14.8. The average molecular weight is 486 g/mol. The molecule has 0 unspecified atom stereocenters. The highest BCUT2D eigenvalue weighted by Crippen LogP contribution is 2.39. The van der Waals surface area contributed by atoms with Gasteiger partial charge in [0.25, 0.3) is 0 Å². The number of allylic oxidation sites excluding steroid dienone is 3. The molecule has 3 rings (SSSR count). The number of aryl methyl sites for hydroxylation is 1. The highest BCUT2D eigenvalue weighted by atomic mass is 16.7. The van der Waals surface area contributed by atoms with E-state index >= 15 is 0 Å². The summed E-state index contributed by atoms with van der Waals surface area (Å²) in [6.07, 6.45) is 4.07. The van der Waals surface area contributed by atoms with E-state index in [9.17, 15) is 14.7 Å². The van der Waals surface area contributed by atoms with Gasteiger partial charge in [0.05, 0.1) is 0 Å². The molecule has 1 aromatic heterocycles. The van der Waals surface area contributed by atoms with Gasteiger partial charge in [-0.3, -0.25) is 4.79 Å². The third-order valence-corrected chi connectivity index (χ3v) is 4.36. The predicted octanol–water partition coefficient (Wildman–Crippen LogP) is 7.52. The Morgan fingerprint density at radius 2 is 1.74 bits per heavy atom. The minimum atomic E-state index is -1.22. The zero-order valence-corrected chi connectivity index (χ0v) is 22.9. The van der Waals surface area contributed by atoms with Crippen LogP contribution in [0.3, 0.4) is 0 Å². The van der Waals surface area contributed by atoms with Crippen LogP contribution in [0.2, 0.25) is 0 Å². The third kappa shape index (κ3) is 9.47. The van der Waals surface area contributed by atoms with E-state index < -0.39 is 11.4 Å². The first kappa shape index (κ1) is 31.7. The van der Waals surface area contributed by atoms with Crippen LogP contribution in [0.15, 0.2) is 47.9 Å². The Balaban J connectivity index is 0.00000129. The van der Waals surface area contributed by atoms with Gasteiger partial charge in [-0.2, -0.15) is 0 Å². The molecule has 0 aliphatic carbocycles. The van der Waals surface area contributed by atoms with E-state index in [1.807, 2.05) is 65.8 Å². The maximum absolute atomic E-state index is 12.2. The van der Waals surface area contributed by atoms with Crippen LogP contribution in [-0.4, -0.2) is 22.4 Å². The molecule has 2 aromatic rings. The van der Waals surface area contributed by atoms with Crippen molar-refractivity contribution in [3.8, 4) is 11.5 Å². The minimum absolute atomic E-state index is 0.176. The molecule has 0 saturated carbocycles. The van der Waals surface area contributed by atoms with Gasteiger partial charge in [0.1, 0.15) is 5.56 Å². The number of para-hydroxylation sites is 1. The van der Waals surface area contributed by atoms with Crippen LogP contribution in [-0.2, 0) is 6.54 Å². The summed E-state index contributed by atoms with van der Waals surface area (Å²) >= 11 is 0. The summed E-state index contributed by atoms with van der Waals surface area (Å²) in [5.74, 6) is 0.937. The number of rotatable bonds is 6. The molecule has 194 valence electrons. The highest BCUT2D eigenvalue weighted by molar-refractivity contribution is 5.88. The van der Waals surface area contributed by atoms with Crippen molar-refractivity contribution in [2.45, 2.75) is 75.3 Å². The molecule has 0 radical (unpaired) electrons. The summed E-state index contributed by atoms with van der Waals surface area (Å²) in [7, 11) is 0. The van der Waals surface area contributed by atoms with Crippen molar-refractivity contribution in [2.75, 3.05) is 6.79 Å². The van der Waals surface area contributed by atoms with Gasteiger partial charge < -0.3 is 19.1 Å². The first-order valence-corrected chi connectivity index (χ1v) is 12.4. The molecule has 1 aromatic carbocycles. The second-order valence-electron chi connectivity index (χ2n) is 8.06. The number of carboxylic acid groups (broad SMARTS) is 1. The first-order valence-electron chi connectivity index (χ1n) is 12.4. The van der Waals surface area contributed by atoms with Crippen molar-refractivity contribution in [2.24, 2.45) is 5.92 Å². The molecule has 0 saturated heterocycles. The SMILES string of the molecule is C=C(/C=C(\C)c1cc(=O)c(C(=O)O)cn1CCC)c1cccc2c1OCO2.CC.CC.CC(C)C. The second-order valence-corrected chi connectivity index (χ2v) is 8.06. The zero-order valence-electron chi connectivity index (χ0n) is 22.9. The summed E-state index contributed by atoms with van der Waals surface area (Å²) < 4.78 is 12.7. The second kappa shape index (κ2) is 16.4. The number of carbonyl (C=O) groups is 1. The lowest BCUT2D eigenvalue weighted by atomic mass is 10.0. The molecule has 35 heavy (non-hydrogen) atoms.